The van der Waals surface area contributed by atoms with Gasteiger partial charge in [-0.1, -0.05) is 0 Å². The van der Waals surface area contributed by atoms with Crippen LogP contribution in [-0.4, -0.2) is 39.1 Å². The van der Waals surface area contributed by atoms with Gasteiger partial charge in [-0.3, -0.25) is 9.67 Å². The van der Waals surface area contributed by atoms with Gasteiger partial charge in [0.25, 0.3) is 0 Å². The van der Waals surface area contributed by atoms with Crippen LogP contribution in [0.2, 0.25) is 0 Å². The number of hydrogen-bond acceptors (Lipinski definition) is 6. The molecule has 0 atom stereocenters. The van der Waals surface area contributed by atoms with Crippen molar-refractivity contribution in [3.8, 4) is 5.95 Å². The molecule has 0 fully saturated rings. The lowest BCUT2D eigenvalue weighted by Gasteiger charge is -2.03. The van der Waals surface area contributed by atoms with Gasteiger partial charge in [0.1, 0.15) is 6.33 Å². The molecule has 0 unspecified atom stereocenters. The summed E-state index contributed by atoms with van der Waals surface area (Å²) >= 11 is 0. The van der Waals surface area contributed by atoms with E-state index in [9.17, 15) is 9.59 Å². The number of hydrogen-bond donors (Lipinski definition) is 1. The van der Waals surface area contributed by atoms with Crippen LogP contribution in [0.3, 0.4) is 0 Å². The summed E-state index contributed by atoms with van der Waals surface area (Å²) in [6.07, 6.45) is 4.58. The first-order valence-corrected chi connectivity index (χ1v) is 5.69. The third-order valence-corrected chi connectivity index (χ3v) is 2.56. The van der Waals surface area contributed by atoms with E-state index in [1.54, 1.807) is 19.3 Å². The van der Waals surface area contributed by atoms with Gasteiger partial charge in [0.15, 0.2) is 5.82 Å². The number of rotatable bonds is 3. The molecule has 3 aromatic heterocycles. The van der Waals surface area contributed by atoms with Crippen LogP contribution in [-0.2, 0) is 13.6 Å². The van der Waals surface area contributed by atoms with Crippen LogP contribution >= 0.6 is 0 Å². The summed E-state index contributed by atoms with van der Waals surface area (Å²) in [5.74, 6) is 0.420. The molecule has 20 heavy (non-hydrogen) atoms. The Morgan fingerprint density at radius 2 is 2.20 bits per heavy atom. The summed E-state index contributed by atoms with van der Waals surface area (Å²) in [5, 5.41) is 7.90. The molecule has 0 radical (unpaired) electrons. The van der Waals surface area contributed by atoms with Crippen LogP contribution in [0.25, 0.3) is 5.95 Å². The van der Waals surface area contributed by atoms with Crippen molar-refractivity contribution >= 4 is 0 Å². The van der Waals surface area contributed by atoms with E-state index in [1.807, 2.05) is 0 Å². The Balaban J connectivity index is 2.01. The molecule has 3 aromatic rings. The molecule has 0 bridgehead atoms. The van der Waals surface area contributed by atoms with Crippen LogP contribution in [0, 0.1) is 0 Å². The van der Waals surface area contributed by atoms with Crippen molar-refractivity contribution in [3.05, 3.63) is 51.6 Å². The molecule has 0 saturated heterocycles. The van der Waals surface area contributed by atoms with Gasteiger partial charge in [0, 0.05) is 19.4 Å². The quantitative estimate of drug-likeness (QED) is 0.608. The maximum absolute atomic E-state index is 11.9. The highest BCUT2D eigenvalue weighted by Gasteiger charge is 2.10. The highest BCUT2D eigenvalue weighted by atomic mass is 16.2. The van der Waals surface area contributed by atoms with E-state index in [-0.39, 0.29) is 12.5 Å². The lowest BCUT2D eigenvalue weighted by Crippen LogP contribution is -2.38. The second kappa shape index (κ2) is 4.57. The van der Waals surface area contributed by atoms with Crippen molar-refractivity contribution in [2.24, 2.45) is 7.05 Å². The molecule has 10 heteroatoms. The number of aryl methyl sites for hydroxylation is 1. The minimum atomic E-state index is -0.688. The largest absolute Gasteiger partial charge is 0.355 e. The van der Waals surface area contributed by atoms with Gasteiger partial charge >= 0.3 is 11.4 Å². The van der Waals surface area contributed by atoms with Crippen LogP contribution < -0.4 is 11.4 Å². The fourth-order valence-corrected chi connectivity index (χ4v) is 1.67. The van der Waals surface area contributed by atoms with Gasteiger partial charge in [0.05, 0.1) is 6.54 Å². The van der Waals surface area contributed by atoms with Crippen molar-refractivity contribution in [1.82, 2.24) is 39.1 Å². The SMILES string of the molecule is Cn1cnc(Cn2c(=O)nc(-n3cccn3)[nH]c2=O)n1. The minimum Gasteiger partial charge on any atom is -0.275 e. The lowest BCUT2D eigenvalue weighted by atomic mass is 10.6. The molecule has 0 aliphatic rings. The van der Waals surface area contributed by atoms with E-state index in [4.69, 9.17) is 0 Å². The number of nitrogens with zero attached hydrogens (tertiary/aromatic N) is 7. The molecule has 10 nitrogen and oxygen atoms in total. The molecule has 1 N–H and O–H groups in total. The third-order valence-electron chi connectivity index (χ3n) is 2.56. The fraction of sp³-hybridized carbons (Fsp3) is 0.200. The molecule has 3 heterocycles. The summed E-state index contributed by atoms with van der Waals surface area (Å²) in [7, 11) is 1.70. The van der Waals surface area contributed by atoms with E-state index in [0.29, 0.717) is 5.82 Å². The summed E-state index contributed by atoms with van der Waals surface area (Å²) < 4.78 is 3.70. The first-order chi connectivity index (χ1) is 9.63. The van der Waals surface area contributed by atoms with E-state index in [1.165, 1.54) is 21.9 Å². The Morgan fingerprint density at radius 1 is 1.35 bits per heavy atom. The van der Waals surface area contributed by atoms with Crippen LogP contribution in [0.4, 0.5) is 0 Å². The second-order valence-electron chi connectivity index (χ2n) is 4.02. The highest BCUT2D eigenvalue weighted by Crippen LogP contribution is 1.93. The molecule has 0 spiro atoms. The fourth-order valence-electron chi connectivity index (χ4n) is 1.67. The molecule has 0 aliphatic carbocycles. The Bertz CT molecular complexity index is 810. The van der Waals surface area contributed by atoms with Crippen molar-refractivity contribution in [2.45, 2.75) is 6.54 Å². The van der Waals surface area contributed by atoms with Crippen molar-refractivity contribution in [1.29, 1.82) is 0 Å². The van der Waals surface area contributed by atoms with Crippen molar-refractivity contribution in [3.63, 3.8) is 0 Å². The topological polar surface area (TPSA) is 116 Å². The summed E-state index contributed by atoms with van der Waals surface area (Å²) in [5.41, 5.74) is -1.28. The molecular weight excluding hydrogens is 264 g/mol. The maximum Gasteiger partial charge on any atom is 0.355 e. The Kier molecular flexibility index (Phi) is 2.75. The van der Waals surface area contributed by atoms with Crippen LogP contribution in [0.15, 0.2) is 34.4 Å². The van der Waals surface area contributed by atoms with Gasteiger partial charge < -0.3 is 0 Å². The molecule has 0 aromatic carbocycles. The van der Waals surface area contributed by atoms with Gasteiger partial charge in [-0.15, -0.1) is 0 Å². The van der Waals surface area contributed by atoms with Gasteiger partial charge in [-0.25, -0.2) is 23.8 Å². The average Bonchev–Trinajstić information content (AvgIpc) is 3.05. The molecule has 0 saturated carbocycles. The number of nitrogens with one attached hydrogen (secondary N) is 1. The van der Waals surface area contributed by atoms with Gasteiger partial charge in [-0.2, -0.15) is 15.2 Å². The molecule has 0 amide bonds. The van der Waals surface area contributed by atoms with Crippen LogP contribution in [0.1, 0.15) is 5.82 Å². The monoisotopic (exact) mass is 274 g/mol. The normalized spacial score (nSPS) is 10.8. The predicted octanol–water partition coefficient (Wildman–Crippen LogP) is -1.71. The standard InChI is InChI=1S/C10H10N8O2/c1-16-6-11-7(15-16)5-17-9(19)13-8(14-10(17)20)18-4-2-3-12-18/h2-4,6H,5H2,1H3,(H,13,14,19,20). The van der Waals surface area contributed by atoms with Crippen LogP contribution in [0.5, 0.6) is 0 Å². The average molecular weight is 274 g/mol. The molecule has 0 aliphatic heterocycles. The zero-order valence-corrected chi connectivity index (χ0v) is 10.5. The summed E-state index contributed by atoms with van der Waals surface area (Å²) in [6, 6.07) is 1.66. The Hall–Kier alpha value is -3.04. The number of aromatic amines is 1. The second-order valence-corrected chi connectivity index (χ2v) is 4.02. The Labute approximate surface area is 111 Å². The highest BCUT2D eigenvalue weighted by molar-refractivity contribution is 5.06. The van der Waals surface area contributed by atoms with Crippen molar-refractivity contribution in [2.75, 3.05) is 0 Å². The zero-order chi connectivity index (χ0) is 14.1. The first-order valence-electron chi connectivity index (χ1n) is 5.69. The zero-order valence-electron chi connectivity index (χ0n) is 10.5. The minimum absolute atomic E-state index is 0.0403. The smallest absolute Gasteiger partial charge is 0.275 e. The van der Waals surface area contributed by atoms with Gasteiger partial charge in [0.2, 0.25) is 5.95 Å². The predicted molar refractivity (Wildman–Crippen MR) is 66.3 cm³/mol. The van der Waals surface area contributed by atoms with E-state index < -0.39 is 11.4 Å². The first kappa shape index (κ1) is 12.0. The number of aromatic nitrogens is 8. The molecule has 3 rings (SSSR count). The Morgan fingerprint density at radius 3 is 2.80 bits per heavy atom. The molecular formula is C10H10N8O2. The van der Waals surface area contributed by atoms with Crippen molar-refractivity contribution < 1.29 is 0 Å². The lowest BCUT2D eigenvalue weighted by molar-refractivity contribution is 0.615. The van der Waals surface area contributed by atoms with E-state index >= 15 is 0 Å². The van der Waals surface area contributed by atoms with E-state index in [2.05, 4.69) is 25.1 Å². The number of H-pyrrole nitrogens is 1. The van der Waals surface area contributed by atoms with E-state index in [0.717, 1.165) is 4.57 Å². The molecule has 102 valence electrons. The summed E-state index contributed by atoms with van der Waals surface area (Å²) in [6.45, 7) is -0.0403. The summed E-state index contributed by atoms with van der Waals surface area (Å²) in [4.78, 5) is 34.0. The van der Waals surface area contributed by atoms with Gasteiger partial charge in [-0.05, 0) is 6.07 Å². The third kappa shape index (κ3) is 2.13. The maximum atomic E-state index is 11.9.